The molecule has 1 unspecified atom stereocenters. The Morgan fingerprint density at radius 2 is 2.00 bits per heavy atom. The van der Waals surface area contributed by atoms with Crippen LogP contribution in [0.4, 0.5) is 5.69 Å². The molecule has 6 nitrogen and oxygen atoms in total. The third-order valence-corrected chi connectivity index (χ3v) is 4.52. The van der Waals surface area contributed by atoms with E-state index in [0.29, 0.717) is 30.4 Å². The monoisotopic (exact) mass is 287 g/mol. The van der Waals surface area contributed by atoms with Gasteiger partial charge in [-0.3, -0.25) is 4.72 Å². The van der Waals surface area contributed by atoms with Crippen molar-refractivity contribution in [1.82, 2.24) is 0 Å². The van der Waals surface area contributed by atoms with E-state index < -0.39 is 21.9 Å². The molecule has 1 aromatic carbocycles. The maximum Gasteiger partial charge on any atom is 0.237 e. The summed E-state index contributed by atoms with van der Waals surface area (Å²) in [5.74, 6) is 1.13. The maximum atomic E-state index is 11.8. The Balaban J connectivity index is 2.21. The molecule has 1 heterocycles. The van der Waals surface area contributed by atoms with Gasteiger partial charge < -0.3 is 14.6 Å². The van der Waals surface area contributed by atoms with Crippen molar-refractivity contribution in [2.24, 2.45) is 0 Å². The van der Waals surface area contributed by atoms with E-state index in [1.807, 2.05) is 0 Å². The van der Waals surface area contributed by atoms with Gasteiger partial charge in [0, 0.05) is 12.5 Å². The fourth-order valence-corrected chi connectivity index (χ4v) is 2.44. The van der Waals surface area contributed by atoms with Gasteiger partial charge in [0.25, 0.3) is 0 Å². The molecule has 2 N–H and O–H groups in total. The molecular weight excluding hydrogens is 270 g/mol. The van der Waals surface area contributed by atoms with Crippen molar-refractivity contribution in [3.63, 3.8) is 0 Å². The van der Waals surface area contributed by atoms with E-state index in [9.17, 15) is 8.42 Å². The van der Waals surface area contributed by atoms with Gasteiger partial charge in [-0.1, -0.05) is 0 Å². The minimum absolute atomic E-state index is 0.393. The number of aliphatic hydroxyl groups excluding tert-OH is 1. The zero-order valence-electron chi connectivity index (χ0n) is 10.6. The second-order valence-electron chi connectivity index (χ2n) is 4.35. The van der Waals surface area contributed by atoms with Crippen molar-refractivity contribution in [1.29, 1.82) is 0 Å². The van der Waals surface area contributed by atoms with Crippen LogP contribution in [0.15, 0.2) is 18.2 Å². The molecule has 2 rings (SSSR count). The van der Waals surface area contributed by atoms with E-state index >= 15 is 0 Å². The predicted octanol–water partition coefficient (Wildman–Crippen LogP) is 0.970. The molecule has 106 valence electrons. The fourth-order valence-electron chi connectivity index (χ4n) is 1.59. The zero-order chi connectivity index (χ0) is 13.9. The third-order valence-electron chi connectivity index (χ3n) is 2.79. The molecule has 0 bridgehead atoms. The number of anilines is 1. The lowest BCUT2D eigenvalue weighted by Crippen LogP contribution is -2.28. The van der Waals surface area contributed by atoms with E-state index in [1.165, 1.54) is 6.92 Å². The van der Waals surface area contributed by atoms with Gasteiger partial charge in [0.1, 0.15) is 5.25 Å². The minimum Gasteiger partial charge on any atom is -0.490 e. The van der Waals surface area contributed by atoms with Crippen molar-refractivity contribution in [3.8, 4) is 11.5 Å². The average molecular weight is 287 g/mol. The molecule has 0 saturated carbocycles. The summed E-state index contributed by atoms with van der Waals surface area (Å²) < 4.78 is 37.0. The SMILES string of the molecule is CC(CO)S(=O)(=O)Nc1ccc2c(c1)OCCCO2. The number of sulfonamides is 1. The highest BCUT2D eigenvalue weighted by Crippen LogP contribution is 2.32. The summed E-state index contributed by atoms with van der Waals surface area (Å²) in [7, 11) is -3.60. The first kappa shape index (κ1) is 14.0. The summed E-state index contributed by atoms with van der Waals surface area (Å²) in [6.07, 6.45) is 0.789. The first-order valence-corrected chi connectivity index (χ1v) is 7.59. The Morgan fingerprint density at radius 3 is 2.68 bits per heavy atom. The minimum atomic E-state index is -3.60. The molecule has 0 aliphatic carbocycles. The van der Waals surface area contributed by atoms with Crippen molar-refractivity contribution >= 4 is 15.7 Å². The third kappa shape index (κ3) is 3.30. The van der Waals surface area contributed by atoms with Crippen LogP contribution in [0.1, 0.15) is 13.3 Å². The van der Waals surface area contributed by atoms with Crippen molar-refractivity contribution in [2.75, 3.05) is 24.5 Å². The fraction of sp³-hybridized carbons (Fsp3) is 0.500. The van der Waals surface area contributed by atoms with Gasteiger partial charge in [0.05, 0.1) is 25.5 Å². The smallest absolute Gasteiger partial charge is 0.237 e. The van der Waals surface area contributed by atoms with Gasteiger partial charge in [-0.2, -0.15) is 0 Å². The van der Waals surface area contributed by atoms with E-state index in [0.717, 1.165) is 6.42 Å². The van der Waals surface area contributed by atoms with Crippen LogP contribution in [0.3, 0.4) is 0 Å². The van der Waals surface area contributed by atoms with Gasteiger partial charge in [0.15, 0.2) is 11.5 Å². The van der Waals surface area contributed by atoms with E-state index in [2.05, 4.69) is 4.72 Å². The Kier molecular flexibility index (Phi) is 4.16. The van der Waals surface area contributed by atoms with Crippen molar-refractivity contribution in [3.05, 3.63) is 18.2 Å². The van der Waals surface area contributed by atoms with E-state index in [-0.39, 0.29) is 0 Å². The molecule has 1 aromatic rings. The summed E-state index contributed by atoms with van der Waals surface area (Å²) in [5.41, 5.74) is 0.393. The quantitative estimate of drug-likeness (QED) is 0.862. The molecule has 1 atom stereocenters. The normalized spacial score (nSPS) is 16.5. The molecule has 19 heavy (non-hydrogen) atoms. The van der Waals surface area contributed by atoms with Gasteiger partial charge in [-0.05, 0) is 19.1 Å². The van der Waals surface area contributed by atoms with Crippen LogP contribution in [-0.2, 0) is 10.0 Å². The Labute approximate surface area is 112 Å². The van der Waals surface area contributed by atoms with Crippen LogP contribution in [0.2, 0.25) is 0 Å². The number of ether oxygens (including phenoxy) is 2. The van der Waals surface area contributed by atoms with Gasteiger partial charge in [-0.25, -0.2) is 8.42 Å². The highest BCUT2D eigenvalue weighted by atomic mass is 32.2. The number of fused-ring (bicyclic) bond motifs is 1. The number of nitrogens with one attached hydrogen (secondary N) is 1. The molecule has 0 spiro atoms. The Morgan fingerprint density at radius 1 is 1.32 bits per heavy atom. The zero-order valence-corrected chi connectivity index (χ0v) is 11.4. The Hall–Kier alpha value is -1.47. The topological polar surface area (TPSA) is 84.9 Å². The lowest BCUT2D eigenvalue weighted by atomic mass is 10.3. The lowest BCUT2D eigenvalue weighted by Gasteiger charge is -2.14. The molecule has 7 heteroatoms. The van der Waals surface area contributed by atoms with Crippen LogP contribution in [0.5, 0.6) is 11.5 Å². The van der Waals surface area contributed by atoms with Gasteiger partial charge in [-0.15, -0.1) is 0 Å². The van der Waals surface area contributed by atoms with Crippen LogP contribution in [0, 0.1) is 0 Å². The predicted molar refractivity (Wildman–Crippen MR) is 71.1 cm³/mol. The Bertz CT molecular complexity index is 543. The summed E-state index contributed by atoms with van der Waals surface area (Å²) >= 11 is 0. The van der Waals surface area contributed by atoms with E-state index in [1.54, 1.807) is 18.2 Å². The molecule has 0 saturated heterocycles. The second kappa shape index (κ2) is 5.66. The molecule has 1 aliphatic heterocycles. The van der Waals surface area contributed by atoms with Crippen LogP contribution >= 0.6 is 0 Å². The first-order chi connectivity index (χ1) is 9.03. The maximum absolute atomic E-state index is 11.8. The highest BCUT2D eigenvalue weighted by Gasteiger charge is 2.20. The van der Waals surface area contributed by atoms with Crippen LogP contribution in [-0.4, -0.2) is 38.6 Å². The second-order valence-corrected chi connectivity index (χ2v) is 6.45. The summed E-state index contributed by atoms with van der Waals surface area (Å²) in [6, 6.07) is 4.86. The first-order valence-electron chi connectivity index (χ1n) is 6.05. The summed E-state index contributed by atoms with van der Waals surface area (Å²) in [5, 5.41) is 8.04. The number of aliphatic hydroxyl groups is 1. The lowest BCUT2D eigenvalue weighted by molar-refractivity contribution is 0.296. The highest BCUT2D eigenvalue weighted by molar-refractivity contribution is 7.93. The number of hydrogen-bond acceptors (Lipinski definition) is 5. The van der Waals surface area contributed by atoms with Crippen molar-refractivity contribution < 1.29 is 23.0 Å². The van der Waals surface area contributed by atoms with Crippen molar-refractivity contribution in [2.45, 2.75) is 18.6 Å². The number of rotatable bonds is 4. The van der Waals surface area contributed by atoms with E-state index in [4.69, 9.17) is 14.6 Å². The molecule has 0 aromatic heterocycles. The molecule has 1 aliphatic rings. The standard InChI is InChI=1S/C12H17NO5S/c1-9(8-14)19(15,16)13-10-3-4-11-12(7-10)18-6-2-5-17-11/h3-4,7,9,13-14H,2,5-6,8H2,1H3. The van der Waals surface area contributed by atoms with Gasteiger partial charge in [0.2, 0.25) is 10.0 Å². The molecule has 0 radical (unpaired) electrons. The summed E-state index contributed by atoms with van der Waals surface area (Å²) in [6.45, 7) is 2.13. The average Bonchev–Trinajstić information content (AvgIpc) is 2.61. The van der Waals surface area contributed by atoms with Crippen LogP contribution < -0.4 is 14.2 Å². The number of hydrogen-bond donors (Lipinski definition) is 2. The number of benzene rings is 1. The summed E-state index contributed by atoms with van der Waals surface area (Å²) in [4.78, 5) is 0. The molecule has 0 fully saturated rings. The van der Waals surface area contributed by atoms with Gasteiger partial charge >= 0.3 is 0 Å². The molecular formula is C12H17NO5S. The molecule has 0 amide bonds. The largest absolute Gasteiger partial charge is 0.490 e. The van der Waals surface area contributed by atoms with Crippen LogP contribution in [0.25, 0.3) is 0 Å².